The van der Waals surface area contributed by atoms with E-state index in [0.29, 0.717) is 36.9 Å². The van der Waals surface area contributed by atoms with Crippen molar-refractivity contribution in [3.63, 3.8) is 0 Å². The molecule has 5 aromatic carbocycles. The second-order valence-corrected chi connectivity index (χ2v) is 18.0. The molecule has 0 spiro atoms. The number of alkyl carbamates (subject to hydrolysis) is 2. The van der Waals surface area contributed by atoms with Gasteiger partial charge in [0.1, 0.15) is 23.7 Å². The first-order valence-corrected chi connectivity index (χ1v) is 22.2. The predicted octanol–water partition coefficient (Wildman–Crippen LogP) is 8.09. The Kier molecular flexibility index (Phi) is 10.9. The van der Waals surface area contributed by atoms with Crippen molar-refractivity contribution in [3.05, 3.63) is 108 Å². The third-order valence-corrected chi connectivity index (χ3v) is 13.6. The van der Waals surface area contributed by atoms with Crippen LogP contribution in [0.5, 0.6) is 0 Å². The summed E-state index contributed by atoms with van der Waals surface area (Å²) in [5.74, 6) is 1.46. The van der Waals surface area contributed by atoms with Crippen molar-refractivity contribution < 1.29 is 33.4 Å². The van der Waals surface area contributed by atoms with Gasteiger partial charge in [-0.1, -0.05) is 80.6 Å². The first-order valence-electron chi connectivity index (χ1n) is 22.2. The third-order valence-electron chi connectivity index (χ3n) is 13.6. The maximum absolute atomic E-state index is 14.4. The Morgan fingerprint density at radius 1 is 0.708 bits per heavy atom. The first kappa shape index (κ1) is 42.0. The molecule has 0 radical (unpaired) electrons. The highest BCUT2D eigenvalue weighted by Gasteiger charge is 2.56. The minimum absolute atomic E-state index is 0.0732. The number of rotatable bonds is 11. The van der Waals surface area contributed by atoms with E-state index in [4.69, 9.17) is 24.2 Å². The van der Waals surface area contributed by atoms with Crippen LogP contribution in [0.2, 0.25) is 0 Å². The van der Waals surface area contributed by atoms with Crippen molar-refractivity contribution in [1.29, 1.82) is 0 Å². The monoisotopic (exact) mass is 876 g/mol. The van der Waals surface area contributed by atoms with Crippen LogP contribution in [0.3, 0.4) is 0 Å². The molecular formula is C50H52N8O7. The number of aromatic nitrogens is 4. The van der Waals surface area contributed by atoms with Crippen LogP contribution in [0.1, 0.15) is 68.4 Å². The number of ether oxygens (including phenoxy) is 3. The van der Waals surface area contributed by atoms with E-state index in [1.807, 2.05) is 61.2 Å². The Labute approximate surface area is 375 Å². The van der Waals surface area contributed by atoms with Gasteiger partial charge in [-0.25, -0.2) is 19.6 Å². The number of nitrogens with zero attached hydrogens (tertiary/aromatic N) is 4. The molecule has 2 aliphatic heterocycles. The van der Waals surface area contributed by atoms with E-state index in [9.17, 15) is 19.2 Å². The highest BCUT2D eigenvalue weighted by Crippen LogP contribution is 2.53. The molecule has 7 aromatic rings. The average Bonchev–Trinajstić information content (AvgIpc) is 3.75. The minimum Gasteiger partial charge on any atom is -0.453 e. The fourth-order valence-corrected chi connectivity index (χ4v) is 10.3. The summed E-state index contributed by atoms with van der Waals surface area (Å²) in [6.07, 6.45) is 1.13. The van der Waals surface area contributed by atoms with Crippen molar-refractivity contribution >= 4 is 67.6 Å². The number of H-pyrrole nitrogens is 2. The molecule has 7 atom stereocenters. The van der Waals surface area contributed by atoms with Crippen LogP contribution in [0, 0.1) is 17.8 Å². The van der Waals surface area contributed by atoms with E-state index >= 15 is 0 Å². The van der Waals surface area contributed by atoms with Crippen molar-refractivity contribution in [2.75, 3.05) is 34.5 Å². The van der Waals surface area contributed by atoms with Gasteiger partial charge in [-0.05, 0) is 82.8 Å². The van der Waals surface area contributed by atoms with Crippen molar-refractivity contribution in [2.45, 2.75) is 63.3 Å². The molecule has 0 unspecified atom stereocenters. The van der Waals surface area contributed by atoms with Gasteiger partial charge < -0.3 is 44.6 Å². The maximum Gasteiger partial charge on any atom is 0.407 e. The topological polar surface area (TPSA) is 184 Å². The number of methoxy groups -OCH3 is 3. The van der Waals surface area contributed by atoms with E-state index < -0.39 is 24.3 Å². The Morgan fingerprint density at radius 2 is 1.31 bits per heavy atom. The zero-order valence-corrected chi connectivity index (χ0v) is 37.0. The number of likely N-dealkylation sites (tertiary alicyclic amines) is 2. The molecule has 4 heterocycles. The molecule has 334 valence electrons. The van der Waals surface area contributed by atoms with Gasteiger partial charge in [0.25, 0.3) is 5.91 Å². The lowest BCUT2D eigenvalue weighted by Crippen LogP contribution is -2.52. The van der Waals surface area contributed by atoms with Crippen molar-refractivity contribution in [2.24, 2.45) is 17.8 Å². The molecule has 2 saturated heterocycles. The lowest BCUT2D eigenvalue weighted by atomic mass is 9.98. The summed E-state index contributed by atoms with van der Waals surface area (Å²) in [5.41, 5.74) is 6.22. The second-order valence-electron chi connectivity index (χ2n) is 18.0. The first-order chi connectivity index (χ1) is 31.5. The van der Waals surface area contributed by atoms with E-state index in [1.54, 1.807) is 12.0 Å². The fourth-order valence-electron chi connectivity index (χ4n) is 10.3. The number of carbonyl (C=O) groups is 4. The van der Waals surface area contributed by atoms with Gasteiger partial charge in [0, 0.05) is 36.4 Å². The molecule has 3 fully saturated rings. The summed E-state index contributed by atoms with van der Waals surface area (Å²) < 4.78 is 15.3. The number of piperidine rings is 1. The van der Waals surface area contributed by atoms with Crippen molar-refractivity contribution in [1.82, 2.24) is 40.4 Å². The third kappa shape index (κ3) is 7.66. The number of amides is 4. The molecule has 4 amide bonds. The SMILES string of the molecule is COC[C@H]1C[C@@H](c2nc3ccc4cc(-c5ccc6c(ccc7nc([C@@H]8C[C@H]9C[C@H]9N8C(=O)[C@@H](NC(=O)OC)C(C)C)[nH]c76)c5)ccc4c3[nH]2)N(C(=O)[C@H](NC(=O)OC)c2ccccc2)C1. The van der Waals surface area contributed by atoms with Gasteiger partial charge in [-0.15, -0.1) is 0 Å². The molecule has 1 saturated carbocycles. The number of benzene rings is 5. The summed E-state index contributed by atoms with van der Waals surface area (Å²) in [5, 5.41) is 9.65. The van der Waals surface area contributed by atoms with Gasteiger partial charge in [0.15, 0.2) is 0 Å². The number of nitrogens with one attached hydrogen (secondary N) is 4. The van der Waals surface area contributed by atoms with Gasteiger partial charge in [0.05, 0.1) is 55.0 Å². The summed E-state index contributed by atoms with van der Waals surface area (Å²) in [6, 6.07) is 28.2. The highest BCUT2D eigenvalue weighted by atomic mass is 16.5. The minimum atomic E-state index is -0.943. The van der Waals surface area contributed by atoms with Crippen LogP contribution >= 0.6 is 0 Å². The summed E-state index contributed by atoms with van der Waals surface area (Å²) >= 11 is 0. The molecule has 65 heavy (non-hydrogen) atoms. The van der Waals surface area contributed by atoms with Crippen LogP contribution in [-0.2, 0) is 23.8 Å². The zero-order chi connectivity index (χ0) is 45.1. The number of hydrogen-bond acceptors (Lipinski definition) is 9. The Hall–Kier alpha value is -7.00. The molecule has 2 aromatic heterocycles. The number of imidazole rings is 2. The standard InChI is InChI=1S/C50H52N8O7/c1-26(2)41(55-49(61)64-4)48(60)58-38-22-33(38)23-40(58)46-52-37-18-14-32-21-30(12-16-35(32)44(37)54-46)29-11-15-34-31(20-29)13-17-36-43(34)53-45(51-36)39-19-27(25-63-3)24-57(39)47(59)42(56-50(62)65-5)28-9-7-6-8-10-28/h6-18,20-21,26-27,33,38-42H,19,22-25H2,1-5H3,(H,51,53)(H,52,54)(H,55,61)(H,56,62)/t27-,33+,38+,39-,40-,41-,42+/m0/s1. The Balaban J connectivity index is 0.926. The average molecular weight is 877 g/mol. The van der Waals surface area contributed by atoms with E-state index in [-0.39, 0.29) is 41.8 Å². The Morgan fingerprint density at radius 3 is 1.89 bits per heavy atom. The lowest BCUT2D eigenvalue weighted by Gasteiger charge is -2.31. The number of fused-ring (bicyclic) bond motifs is 7. The largest absolute Gasteiger partial charge is 0.453 e. The quantitative estimate of drug-likeness (QED) is 0.0998. The molecule has 15 heteroatoms. The molecule has 10 rings (SSSR count). The van der Waals surface area contributed by atoms with E-state index in [2.05, 4.69) is 69.1 Å². The smallest absolute Gasteiger partial charge is 0.407 e. The van der Waals surface area contributed by atoms with E-state index in [1.165, 1.54) is 14.2 Å². The van der Waals surface area contributed by atoms with Crippen molar-refractivity contribution in [3.8, 4) is 11.1 Å². The molecule has 4 N–H and O–H groups in total. The summed E-state index contributed by atoms with van der Waals surface area (Å²) in [7, 11) is 4.25. The number of carbonyl (C=O) groups excluding carboxylic acids is 4. The van der Waals surface area contributed by atoms with Crippen LogP contribution in [0.4, 0.5) is 9.59 Å². The van der Waals surface area contributed by atoms with Gasteiger partial charge in [0.2, 0.25) is 5.91 Å². The Bertz CT molecular complexity index is 2980. The fraction of sp³-hybridized carbons (Fsp3) is 0.360. The van der Waals surface area contributed by atoms with Crippen LogP contribution in [-0.4, -0.2) is 100 Å². The molecule has 3 aliphatic rings. The van der Waals surface area contributed by atoms with Crippen LogP contribution in [0.25, 0.3) is 54.7 Å². The zero-order valence-electron chi connectivity index (χ0n) is 37.0. The van der Waals surface area contributed by atoms with Crippen LogP contribution in [0.15, 0.2) is 91.0 Å². The highest BCUT2D eigenvalue weighted by molar-refractivity contribution is 6.07. The molecule has 15 nitrogen and oxygen atoms in total. The lowest BCUT2D eigenvalue weighted by molar-refractivity contribution is -0.137. The van der Waals surface area contributed by atoms with Gasteiger partial charge in [-0.2, -0.15) is 0 Å². The molecule has 1 aliphatic carbocycles. The van der Waals surface area contributed by atoms with Gasteiger partial charge in [-0.3, -0.25) is 9.59 Å². The normalized spacial score (nSPS) is 21.2. The van der Waals surface area contributed by atoms with Gasteiger partial charge >= 0.3 is 12.2 Å². The molecule has 0 bridgehead atoms. The predicted molar refractivity (Wildman–Crippen MR) is 246 cm³/mol. The summed E-state index contributed by atoms with van der Waals surface area (Å²) in [6.45, 7) is 4.78. The number of hydrogen-bond donors (Lipinski definition) is 4. The van der Waals surface area contributed by atoms with Crippen LogP contribution < -0.4 is 10.6 Å². The molecular weight excluding hydrogens is 825 g/mol. The summed E-state index contributed by atoms with van der Waals surface area (Å²) in [4.78, 5) is 74.1. The second kappa shape index (κ2) is 16.8. The maximum atomic E-state index is 14.4. The van der Waals surface area contributed by atoms with E-state index in [0.717, 1.165) is 73.4 Å². The number of aromatic amines is 2.